The van der Waals surface area contributed by atoms with Crippen LogP contribution in [0.25, 0.3) is 0 Å². The first-order chi connectivity index (χ1) is 15.2. The molecule has 172 valence electrons. The molecule has 0 saturated carbocycles. The number of hydrogen-bond donors (Lipinski definition) is 1. The highest BCUT2D eigenvalue weighted by atomic mass is 19.1. The van der Waals surface area contributed by atoms with Crippen molar-refractivity contribution in [2.24, 2.45) is 5.92 Å². The second kappa shape index (κ2) is 10.6. The monoisotopic (exact) mass is 441 g/mol. The molecule has 32 heavy (non-hydrogen) atoms. The standard InChI is InChI=1S/C25H32FN3O3/c1-17(2)24(30)27-21-11-12-23(28(3)4)19(14-21)15-29(16-22-6-5-13-32-22)25(31)18-7-9-20(26)10-8-18/h7-12,14,17,22H,5-6,13,15-16H2,1-4H3,(H,27,30). The summed E-state index contributed by atoms with van der Waals surface area (Å²) in [6.07, 6.45) is 1.85. The Kier molecular flexibility index (Phi) is 7.85. The number of ether oxygens (including phenoxy) is 1. The van der Waals surface area contributed by atoms with E-state index < -0.39 is 0 Å². The first-order valence-corrected chi connectivity index (χ1v) is 11.0. The summed E-state index contributed by atoms with van der Waals surface area (Å²) in [5.41, 5.74) is 2.98. The molecule has 1 heterocycles. The third-order valence-electron chi connectivity index (χ3n) is 5.54. The molecule has 0 aliphatic carbocycles. The maximum atomic E-state index is 13.4. The minimum absolute atomic E-state index is 0.0222. The number of hydrogen-bond acceptors (Lipinski definition) is 4. The van der Waals surface area contributed by atoms with Gasteiger partial charge in [-0.1, -0.05) is 13.8 Å². The van der Waals surface area contributed by atoms with Gasteiger partial charge in [0, 0.05) is 56.6 Å². The van der Waals surface area contributed by atoms with Crippen molar-refractivity contribution in [3.8, 4) is 0 Å². The fourth-order valence-corrected chi connectivity index (χ4v) is 3.75. The number of carbonyl (C=O) groups is 2. The van der Waals surface area contributed by atoms with Crippen molar-refractivity contribution in [2.45, 2.75) is 39.3 Å². The van der Waals surface area contributed by atoms with Crippen LogP contribution < -0.4 is 10.2 Å². The highest BCUT2D eigenvalue weighted by molar-refractivity contribution is 5.94. The summed E-state index contributed by atoms with van der Waals surface area (Å²) in [4.78, 5) is 29.3. The zero-order chi connectivity index (χ0) is 23.3. The van der Waals surface area contributed by atoms with Gasteiger partial charge in [0.25, 0.3) is 5.91 Å². The average molecular weight is 442 g/mol. The number of nitrogens with zero attached hydrogens (tertiary/aromatic N) is 2. The molecule has 7 heteroatoms. The van der Waals surface area contributed by atoms with Gasteiger partial charge in [-0.05, 0) is 60.9 Å². The number of anilines is 2. The molecule has 2 aromatic rings. The van der Waals surface area contributed by atoms with E-state index in [-0.39, 0.29) is 29.7 Å². The number of nitrogens with one attached hydrogen (secondary N) is 1. The third-order valence-corrected chi connectivity index (χ3v) is 5.54. The van der Waals surface area contributed by atoms with Gasteiger partial charge in [0.1, 0.15) is 5.82 Å². The molecule has 1 aliphatic heterocycles. The van der Waals surface area contributed by atoms with E-state index in [4.69, 9.17) is 4.74 Å². The molecule has 6 nitrogen and oxygen atoms in total. The molecule has 0 spiro atoms. The largest absolute Gasteiger partial charge is 0.377 e. The number of amides is 2. The average Bonchev–Trinajstić information content (AvgIpc) is 3.26. The van der Waals surface area contributed by atoms with Gasteiger partial charge in [-0.25, -0.2) is 4.39 Å². The van der Waals surface area contributed by atoms with Gasteiger partial charge in [-0.3, -0.25) is 9.59 Å². The number of carbonyl (C=O) groups excluding carboxylic acids is 2. The van der Waals surface area contributed by atoms with Crippen LogP contribution in [-0.2, 0) is 16.1 Å². The molecule has 0 aromatic heterocycles. The van der Waals surface area contributed by atoms with Crippen LogP contribution in [0.3, 0.4) is 0 Å². The van der Waals surface area contributed by atoms with Crippen molar-refractivity contribution in [1.82, 2.24) is 4.90 Å². The van der Waals surface area contributed by atoms with Crippen LogP contribution in [0.5, 0.6) is 0 Å². The van der Waals surface area contributed by atoms with Crippen molar-refractivity contribution in [2.75, 3.05) is 37.5 Å². The Morgan fingerprint density at radius 1 is 1.16 bits per heavy atom. The highest BCUT2D eigenvalue weighted by Crippen LogP contribution is 2.26. The number of benzene rings is 2. The summed E-state index contributed by atoms with van der Waals surface area (Å²) in [5, 5.41) is 2.93. The molecular weight excluding hydrogens is 409 g/mol. The minimum Gasteiger partial charge on any atom is -0.377 e. The molecular formula is C25H32FN3O3. The van der Waals surface area contributed by atoms with Crippen molar-refractivity contribution in [1.29, 1.82) is 0 Å². The van der Waals surface area contributed by atoms with Gasteiger partial charge in [-0.2, -0.15) is 0 Å². The number of rotatable bonds is 8. The number of halogens is 1. The van der Waals surface area contributed by atoms with Crippen LogP contribution in [-0.4, -0.2) is 50.1 Å². The zero-order valence-electron chi connectivity index (χ0n) is 19.2. The third kappa shape index (κ3) is 6.07. The van der Waals surface area contributed by atoms with Crippen LogP contribution >= 0.6 is 0 Å². The van der Waals surface area contributed by atoms with Gasteiger partial charge in [0.15, 0.2) is 0 Å². The lowest BCUT2D eigenvalue weighted by molar-refractivity contribution is -0.118. The van der Waals surface area contributed by atoms with Crippen molar-refractivity contribution >= 4 is 23.2 Å². The Bertz CT molecular complexity index is 938. The first kappa shape index (κ1) is 23.7. The summed E-state index contributed by atoms with van der Waals surface area (Å²) < 4.78 is 19.2. The molecule has 1 saturated heterocycles. The van der Waals surface area contributed by atoms with Gasteiger partial charge in [0.05, 0.1) is 6.10 Å². The van der Waals surface area contributed by atoms with Gasteiger partial charge < -0.3 is 19.9 Å². The normalized spacial score (nSPS) is 15.6. The van der Waals surface area contributed by atoms with Crippen molar-refractivity contribution < 1.29 is 18.7 Å². The van der Waals surface area contributed by atoms with E-state index in [0.717, 1.165) is 24.1 Å². The fourth-order valence-electron chi connectivity index (χ4n) is 3.75. The Morgan fingerprint density at radius 2 is 1.88 bits per heavy atom. The summed E-state index contributed by atoms with van der Waals surface area (Å²) in [5.74, 6) is -0.757. The Morgan fingerprint density at radius 3 is 2.47 bits per heavy atom. The van der Waals surface area contributed by atoms with Crippen molar-refractivity contribution in [3.05, 3.63) is 59.4 Å². The smallest absolute Gasteiger partial charge is 0.254 e. The van der Waals surface area contributed by atoms with Crippen LogP contribution in [0.1, 0.15) is 42.6 Å². The summed E-state index contributed by atoms with van der Waals surface area (Å²) >= 11 is 0. The highest BCUT2D eigenvalue weighted by Gasteiger charge is 2.25. The SMILES string of the molecule is CC(C)C(=O)Nc1ccc(N(C)C)c(CN(CC2CCCO2)C(=O)c2ccc(F)cc2)c1. The first-order valence-electron chi connectivity index (χ1n) is 11.0. The summed E-state index contributed by atoms with van der Waals surface area (Å²) in [6.45, 7) is 5.17. The second-order valence-electron chi connectivity index (χ2n) is 8.71. The predicted molar refractivity (Wildman–Crippen MR) is 124 cm³/mol. The topological polar surface area (TPSA) is 61.9 Å². The lowest BCUT2D eigenvalue weighted by atomic mass is 10.1. The van der Waals surface area contributed by atoms with E-state index in [9.17, 15) is 14.0 Å². The molecule has 2 aromatic carbocycles. The molecule has 1 unspecified atom stereocenters. The summed E-state index contributed by atoms with van der Waals surface area (Å²) in [6, 6.07) is 11.3. The van der Waals surface area contributed by atoms with Crippen LogP contribution in [0.2, 0.25) is 0 Å². The van der Waals surface area contributed by atoms with E-state index in [1.165, 1.54) is 24.3 Å². The second-order valence-corrected chi connectivity index (χ2v) is 8.71. The molecule has 2 amide bonds. The van der Waals surface area contributed by atoms with E-state index in [1.807, 2.05) is 51.0 Å². The van der Waals surface area contributed by atoms with Gasteiger partial charge in [-0.15, -0.1) is 0 Å². The quantitative estimate of drug-likeness (QED) is 0.663. The summed E-state index contributed by atoms with van der Waals surface area (Å²) in [7, 11) is 3.88. The van der Waals surface area contributed by atoms with Gasteiger partial charge in [0.2, 0.25) is 5.91 Å². The minimum atomic E-state index is -0.379. The van der Waals surface area contributed by atoms with Crippen LogP contribution in [0, 0.1) is 11.7 Å². The van der Waals surface area contributed by atoms with E-state index in [0.29, 0.717) is 30.9 Å². The van der Waals surface area contributed by atoms with Crippen LogP contribution in [0.15, 0.2) is 42.5 Å². The fraction of sp³-hybridized carbons (Fsp3) is 0.440. The predicted octanol–water partition coefficient (Wildman–Crippen LogP) is 4.31. The molecule has 1 atom stereocenters. The Balaban J connectivity index is 1.91. The Labute approximate surface area is 189 Å². The van der Waals surface area contributed by atoms with Crippen molar-refractivity contribution in [3.63, 3.8) is 0 Å². The molecule has 1 fully saturated rings. The van der Waals surface area contributed by atoms with E-state index in [1.54, 1.807) is 4.90 Å². The molecule has 1 aliphatic rings. The van der Waals surface area contributed by atoms with Crippen LogP contribution in [0.4, 0.5) is 15.8 Å². The maximum Gasteiger partial charge on any atom is 0.254 e. The molecule has 0 bridgehead atoms. The Hall–Kier alpha value is -2.93. The van der Waals surface area contributed by atoms with E-state index in [2.05, 4.69) is 5.32 Å². The maximum absolute atomic E-state index is 13.4. The lowest BCUT2D eigenvalue weighted by Gasteiger charge is -2.28. The zero-order valence-corrected chi connectivity index (χ0v) is 19.2. The molecule has 0 radical (unpaired) electrons. The molecule has 1 N–H and O–H groups in total. The van der Waals surface area contributed by atoms with E-state index >= 15 is 0 Å². The van der Waals surface area contributed by atoms with Gasteiger partial charge >= 0.3 is 0 Å². The lowest BCUT2D eigenvalue weighted by Crippen LogP contribution is -2.37. The molecule has 3 rings (SSSR count).